The summed E-state index contributed by atoms with van der Waals surface area (Å²) < 4.78 is 0.752. The largest absolute Gasteiger partial charge is 0.398 e. The quantitative estimate of drug-likeness (QED) is 0.655. The van der Waals surface area contributed by atoms with Crippen LogP contribution < -0.4 is 11.1 Å². The van der Waals surface area contributed by atoms with Gasteiger partial charge in [0.05, 0.1) is 0 Å². The number of hydrogen-bond acceptors (Lipinski definition) is 3. The summed E-state index contributed by atoms with van der Waals surface area (Å²) in [5, 5.41) is 2.79. The van der Waals surface area contributed by atoms with Crippen LogP contribution in [-0.2, 0) is 0 Å². The number of hydrogen-bond donors (Lipinski definition) is 2. The third-order valence-corrected chi connectivity index (χ3v) is 3.66. The molecule has 0 radical (unpaired) electrons. The Hall–Kier alpha value is -2.14. The number of benzene rings is 2. The number of anilines is 2. The van der Waals surface area contributed by atoms with Crippen molar-refractivity contribution in [2.45, 2.75) is 13.8 Å². The van der Waals surface area contributed by atoms with Crippen molar-refractivity contribution in [1.29, 1.82) is 0 Å². The van der Waals surface area contributed by atoms with E-state index in [-0.39, 0.29) is 11.7 Å². The first-order valence-corrected chi connectivity index (χ1v) is 7.15. The van der Waals surface area contributed by atoms with Crippen LogP contribution in [0.25, 0.3) is 0 Å². The van der Waals surface area contributed by atoms with Gasteiger partial charge in [-0.05, 0) is 55.8 Å². The van der Waals surface area contributed by atoms with Gasteiger partial charge in [-0.2, -0.15) is 0 Å². The van der Waals surface area contributed by atoms with E-state index in [4.69, 9.17) is 5.73 Å². The van der Waals surface area contributed by atoms with E-state index in [2.05, 4.69) is 21.2 Å². The van der Waals surface area contributed by atoms with Gasteiger partial charge in [0.15, 0.2) is 5.78 Å². The molecule has 0 fully saturated rings. The number of amides is 1. The fourth-order valence-electron chi connectivity index (χ4n) is 1.92. The van der Waals surface area contributed by atoms with Crippen molar-refractivity contribution < 1.29 is 9.59 Å². The zero-order valence-corrected chi connectivity index (χ0v) is 13.3. The average molecular weight is 347 g/mol. The highest BCUT2D eigenvalue weighted by Gasteiger charge is 2.12. The van der Waals surface area contributed by atoms with Gasteiger partial charge in [0.1, 0.15) is 0 Å². The van der Waals surface area contributed by atoms with Crippen LogP contribution in [0, 0.1) is 6.92 Å². The van der Waals surface area contributed by atoms with Gasteiger partial charge in [-0.15, -0.1) is 0 Å². The topological polar surface area (TPSA) is 72.2 Å². The highest BCUT2D eigenvalue weighted by atomic mass is 79.9. The monoisotopic (exact) mass is 346 g/mol. The SMILES string of the molecule is CC(=O)c1ccc(NC(=O)c2cc(Br)cc(N)c2C)cc1. The lowest BCUT2D eigenvalue weighted by molar-refractivity contribution is 0.101. The number of Topliss-reactive ketones (excluding diaryl/α,β-unsaturated/α-hetero) is 1. The molecule has 0 saturated heterocycles. The predicted octanol–water partition coefficient (Wildman–Crippen LogP) is 3.79. The second-order valence-corrected chi connectivity index (χ2v) is 5.67. The van der Waals surface area contributed by atoms with Gasteiger partial charge in [-0.1, -0.05) is 15.9 Å². The second-order valence-electron chi connectivity index (χ2n) is 4.76. The Labute approximate surface area is 131 Å². The summed E-state index contributed by atoms with van der Waals surface area (Å²) in [6.45, 7) is 3.30. The lowest BCUT2D eigenvalue weighted by Gasteiger charge is -2.10. The van der Waals surface area contributed by atoms with Crippen LogP contribution in [0.2, 0.25) is 0 Å². The zero-order valence-electron chi connectivity index (χ0n) is 11.7. The lowest BCUT2D eigenvalue weighted by atomic mass is 10.1. The summed E-state index contributed by atoms with van der Waals surface area (Å²) in [5.74, 6) is -0.250. The third kappa shape index (κ3) is 3.49. The maximum atomic E-state index is 12.3. The number of nitrogen functional groups attached to an aromatic ring is 1. The molecule has 0 unspecified atom stereocenters. The van der Waals surface area contributed by atoms with E-state index in [0.29, 0.717) is 22.5 Å². The van der Waals surface area contributed by atoms with E-state index >= 15 is 0 Å². The molecular formula is C16H15BrN2O2. The van der Waals surface area contributed by atoms with Crippen LogP contribution in [-0.4, -0.2) is 11.7 Å². The van der Waals surface area contributed by atoms with Crippen LogP contribution in [0.4, 0.5) is 11.4 Å². The van der Waals surface area contributed by atoms with Gasteiger partial charge in [0, 0.05) is 27.0 Å². The van der Waals surface area contributed by atoms with E-state index in [1.54, 1.807) is 43.3 Å². The molecule has 21 heavy (non-hydrogen) atoms. The summed E-state index contributed by atoms with van der Waals surface area (Å²) in [6.07, 6.45) is 0. The van der Waals surface area contributed by atoms with Crippen LogP contribution in [0.5, 0.6) is 0 Å². The third-order valence-electron chi connectivity index (χ3n) is 3.21. The van der Waals surface area contributed by atoms with Crippen molar-refractivity contribution in [1.82, 2.24) is 0 Å². The molecule has 0 spiro atoms. The Bertz CT molecular complexity index is 709. The van der Waals surface area contributed by atoms with Gasteiger partial charge < -0.3 is 11.1 Å². The van der Waals surface area contributed by atoms with Gasteiger partial charge in [0.25, 0.3) is 5.91 Å². The highest BCUT2D eigenvalue weighted by molar-refractivity contribution is 9.10. The summed E-state index contributed by atoms with van der Waals surface area (Å²) >= 11 is 3.33. The molecule has 2 aromatic carbocycles. The highest BCUT2D eigenvalue weighted by Crippen LogP contribution is 2.23. The Morgan fingerprint density at radius 3 is 2.33 bits per heavy atom. The average Bonchev–Trinajstić information content (AvgIpc) is 2.43. The van der Waals surface area contributed by atoms with Crippen molar-refractivity contribution >= 4 is 39.0 Å². The number of carbonyl (C=O) groups excluding carboxylic acids is 2. The molecule has 5 heteroatoms. The van der Waals surface area contributed by atoms with Crippen molar-refractivity contribution in [2.24, 2.45) is 0 Å². The van der Waals surface area contributed by atoms with Crippen molar-refractivity contribution in [2.75, 3.05) is 11.1 Å². The molecule has 4 nitrogen and oxygen atoms in total. The van der Waals surface area contributed by atoms with Crippen LogP contribution in [0.1, 0.15) is 33.2 Å². The maximum Gasteiger partial charge on any atom is 0.256 e. The van der Waals surface area contributed by atoms with Crippen LogP contribution >= 0.6 is 15.9 Å². The molecular weight excluding hydrogens is 332 g/mol. The van der Waals surface area contributed by atoms with E-state index in [1.165, 1.54) is 6.92 Å². The molecule has 108 valence electrons. The first kappa shape index (κ1) is 15.3. The first-order valence-electron chi connectivity index (χ1n) is 6.36. The van der Waals surface area contributed by atoms with Crippen molar-refractivity contribution in [3.8, 4) is 0 Å². The number of halogens is 1. The maximum absolute atomic E-state index is 12.3. The van der Waals surface area contributed by atoms with Crippen molar-refractivity contribution in [3.05, 3.63) is 57.6 Å². The Morgan fingerprint density at radius 1 is 1.14 bits per heavy atom. The smallest absolute Gasteiger partial charge is 0.256 e. The Morgan fingerprint density at radius 2 is 1.76 bits per heavy atom. The molecule has 0 atom stereocenters. The molecule has 0 heterocycles. The number of nitrogens with one attached hydrogen (secondary N) is 1. The molecule has 0 saturated carbocycles. The minimum Gasteiger partial charge on any atom is -0.398 e. The van der Waals surface area contributed by atoms with E-state index in [9.17, 15) is 9.59 Å². The number of rotatable bonds is 3. The van der Waals surface area contributed by atoms with E-state index < -0.39 is 0 Å². The Kier molecular flexibility index (Phi) is 4.43. The number of ketones is 1. The van der Waals surface area contributed by atoms with E-state index in [1.807, 2.05) is 0 Å². The van der Waals surface area contributed by atoms with E-state index in [0.717, 1.165) is 10.0 Å². The number of carbonyl (C=O) groups is 2. The normalized spacial score (nSPS) is 10.2. The summed E-state index contributed by atoms with van der Waals surface area (Å²) in [6, 6.07) is 10.2. The zero-order chi connectivity index (χ0) is 15.6. The minimum absolute atomic E-state index is 0.0107. The summed E-state index contributed by atoms with van der Waals surface area (Å²) in [7, 11) is 0. The second kappa shape index (κ2) is 6.10. The molecule has 0 aliphatic carbocycles. The van der Waals surface area contributed by atoms with Crippen LogP contribution in [0.15, 0.2) is 40.9 Å². The van der Waals surface area contributed by atoms with Gasteiger partial charge in [0.2, 0.25) is 0 Å². The van der Waals surface area contributed by atoms with Gasteiger partial charge in [-0.3, -0.25) is 9.59 Å². The predicted molar refractivity (Wildman–Crippen MR) is 87.7 cm³/mol. The molecule has 0 aliphatic rings. The molecule has 3 N–H and O–H groups in total. The standard InChI is InChI=1S/C16H15BrN2O2/c1-9-14(7-12(17)8-15(9)18)16(21)19-13-5-3-11(4-6-13)10(2)20/h3-8H,18H2,1-2H3,(H,19,21). The summed E-state index contributed by atoms with van der Waals surface area (Å²) in [4.78, 5) is 23.5. The van der Waals surface area contributed by atoms with Gasteiger partial charge in [-0.25, -0.2) is 0 Å². The Balaban J connectivity index is 2.24. The van der Waals surface area contributed by atoms with Crippen molar-refractivity contribution in [3.63, 3.8) is 0 Å². The first-order chi connectivity index (χ1) is 9.88. The fraction of sp³-hybridized carbons (Fsp3) is 0.125. The molecule has 1 amide bonds. The molecule has 2 rings (SSSR count). The van der Waals surface area contributed by atoms with Crippen LogP contribution in [0.3, 0.4) is 0 Å². The fourth-order valence-corrected chi connectivity index (χ4v) is 2.40. The minimum atomic E-state index is -0.240. The summed E-state index contributed by atoms with van der Waals surface area (Å²) in [5.41, 5.74) is 8.89. The molecule has 0 bridgehead atoms. The number of nitrogens with two attached hydrogens (primary N) is 1. The lowest BCUT2D eigenvalue weighted by Crippen LogP contribution is -2.14. The van der Waals surface area contributed by atoms with Gasteiger partial charge >= 0.3 is 0 Å². The molecule has 2 aromatic rings. The molecule has 0 aromatic heterocycles. The molecule has 0 aliphatic heterocycles.